The fourth-order valence-electron chi connectivity index (χ4n) is 1.94. The van der Waals surface area contributed by atoms with Gasteiger partial charge in [-0.3, -0.25) is 4.79 Å². The molecule has 0 radical (unpaired) electrons. The van der Waals surface area contributed by atoms with E-state index in [0.717, 1.165) is 16.5 Å². The molecule has 0 aliphatic carbocycles. The Morgan fingerprint density at radius 3 is 3.00 bits per heavy atom. The van der Waals surface area contributed by atoms with Gasteiger partial charge in [0.25, 0.3) is 0 Å². The summed E-state index contributed by atoms with van der Waals surface area (Å²) in [4.78, 5) is 10.8. The first-order valence-corrected chi connectivity index (χ1v) is 5.62. The van der Waals surface area contributed by atoms with Gasteiger partial charge in [-0.2, -0.15) is 5.10 Å². The van der Waals surface area contributed by atoms with Crippen LogP contribution >= 0.6 is 0 Å². The molecule has 1 aromatic heterocycles. The number of benzene rings is 1. The fraction of sp³-hybridized carbons (Fsp3) is 0.231. The zero-order valence-electron chi connectivity index (χ0n) is 10.1. The molecule has 1 aromatic carbocycles. The van der Waals surface area contributed by atoms with Crippen molar-refractivity contribution < 1.29 is 9.18 Å². The molecule has 1 N–H and O–H groups in total. The lowest BCUT2D eigenvalue weighted by atomic mass is 10.1. The summed E-state index contributed by atoms with van der Waals surface area (Å²) >= 11 is 0. The smallest absolute Gasteiger partial charge is 0.216 e. The standard InChI is InChI=1S/C13H14FN3O/c1-9(18)16-6-5-10-8-17(15-2)13-4-3-11(14)7-12(10)13/h3-4,7-8H,2,5-6H2,1H3,(H,16,18). The van der Waals surface area contributed by atoms with E-state index in [0.29, 0.717) is 13.0 Å². The number of rotatable bonds is 4. The number of aromatic nitrogens is 1. The molecule has 0 aliphatic rings. The minimum absolute atomic E-state index is 0.0771. The Bertz CT molecular complexity index is 604. The van der Waals surface area contributed by atoms with Crippen molar-refractivity contribution in [2.45, 2.75) is 13.3 Å². The fourth-order valence-corrected chi connectivity index (χ4v) is 1.94. The third-order valence-electron chi connectivity index (χ3n) is 2.75. The van der Waals surface area contributed by atoms with Gasteiger partial charge in [0.1, 0.15) is 5.82 Å². The van der Waals surface area contributed by atoms with Gasteiger partial charge >= 0.3 is 0 Å². The van der Waals surface area contributed by atoms with E-state index in [-0.39, 0.29) is 11.7 Å². The summed E-state index contributed by atoms with van der Waals surface area (Å²) in [7, 11) is 0. The zero-order chi connectivity index (χ0) is 13.1. The zero-order valence-corrected chi connectivity index (χ0v) is 10.1. The molecule has 0 unspecified atom stereocenters. The number of hydrogen-bond donors (Lipinski definition) is 1. The van der Waals surface area contributed by atoms with Crippen molar-refractivity contribution in [2.75, 3.05) is 6.54 Å². The second-order valence-corrected chi connectivity index (χ2v) is 4.03. The highest BCUT2D eigenvalue weighted by Gasteiger charge is 2.08. The second-order valence-electron chi connectivity index (χ2n) is 4.03. The quantitative estimate of drug-likeness (QED) is 0.824. The number of hydrogen-bond acceptors (Lipinski definition) is 2. The number of nitrogens with one attached hydrogen (secondary N) is 1. The molecule has 1 amide bonds. The highest BCUT2D eigenvalue weighted by molar-refractivity contribution is 5.84. The van der Waals surface area contributed by atoms with E-state index in [1.165, 1.54) is 19.1 Å². The topological polar surface area (TPSA) is 46.4 Å². The summed E-state index contributed by atoms with van der Waals surface area (Å²) in [6.07, 6.45) is 2.43. The first-order chi connectivity index (χ1) is 8.61. The number of carbonyl (C=O) groups excluding carboxylic acids is 1. The molecule has 0 spiro atoms. The number of fused-ring (bicyclic) bond motifs is 1. The lowest BCUT2D eigenvalue weighted by Crippen LogP contribution is -2.22. The maximum atomic E-state index is 13.3. The summed E-state index contributed by atoms with van der Waals surface area (Å²) in [5.74, 6) is -0.364. The summed E-state index contributed by atoms with van der Waals surface area (Å²) in [5, 5.41) is 7.36. The van der Waals surface area contributed by atoms with Gasteiger partial charge in [0.05, 0.1) is 5.52 Å². The van der Waals surface area contributed by atoms with Gasteiger partial charge in [-0.15, -0.1) is 0 Å². The largest absolute Gasteiger partial charge is 0.356 e. The van der Waals surface area contributed by atoms with Gasteiger partial charge in [-0.05, 0) is 30.2 Å². The van der Waals surface area contributed by atoms with Crippen molar-refractivity contribution >= 4 is 23.5 Å². The van der Waals surface area contributed by atoms with Crippen molar-refractivity contribution in [1.82, 2.24) is 9.99 Å². The highest BCUT2D eigenvalue weighted by atomic mass is 19.1. The minimum Gasteiger partial charge on any atom is -0.356 e. The summed E-state index contributed by atoms with van der Waals surface area (Å²) in [6.45, 7) is 5.46. The first kappa shape index (κ1) is 12.3. The van der Waals surface area contributed by atoms with E-state index < -0.39 is 0 Å². The van der Waals surface area contributed by atoms with Crippen LogP contribution in [-0.2, 0) is 11.2 Å². The molecule has 0 saturated carbocycles. The predicted octanol–water partition coefficient (Wildman–Crippen LogP) is 1.92. The van der Waals surface area contributed by atoms with Crippen LogP contribution in [0.4, 0.5) is 4.39 Å². The van der Waals surface area contributed by atoms with Gasteiger partial charge in [-0.25, -0.2) is 9.07 Å². The van der Waals surface area contributed by atoms with E-state index in [1.807, 2.05) is 0 Å². The van der Waals surface area contributed by atoms with Crippen molar-refractivity contribution in [2.24, 2.45) is 5.10 Å². The van der Waals surface area contributed by atoms with Crippen LogP contribution in [0.3, 0.4) is 0 Å². The van der Waals surface area contributed by atoms with Crippen LogP contribution in [0.25, 0.3) is 10.9 Å². The van der Waals surface area contributed by atoms with Crippen LogP contribution in [0.1, 0.15) is 12.5 Å². The highest BCUT2D eigenvalue weighted by Crippen LogP contribution is 2.22. The van der Waals surface area contributed by atoms with Crippen molar-refractivity contribution in [3.05, 3.63) is 35.8 Å². The molecule has 0 aliphatic heterocycles. The van der Waals surface area contributed by atoms with Crippen molar-refractivity contribution in [3.8, 4) is 0 Å². The maximum absolute atomic E-state index is 13.3. The SMILES string of the molecule is C=Nn1cc(CCNC(C)=O)c2cc(F)ccc21. The number of carbonyl (C=O) groups is 1. The average Bonchev–Trinajstić information content (AvgIpc) is 2.66. The average molecular weight is 247 g/mol. The molecule has 4 nitrogen and oxygen atoms in total. The Labute approximate surface area is 104 Å². The van der Waals surface area contributed by atoms with Crippen LogP contribution in [-0.4, -0.2) is 23.8 Å². The molecular weight excluding hydrogens is 233 g/mol. The first-order valence-electron chi connectivity index (χ1n) is 5.62. The Hall–Kier alpha value is -2.17. The van der Waals surface area contributed by atoms with Crippen molar-refractivity contribution in [3.63, 3.8) is 0 Å². The summed E-state index contributed by atoms with van der Waals surface area (Å²) in [5.41, 5.74) is 1.75. The Morgan fingerprint density at radius 1 is 1.56 bits per heavy atom. The van der Waals surface area contributed by atoms with E-state index in [9.17, 15) is 9.18 Å². The molecular formula is C13H14FN3O. The molecule has 2 aromatic rings. The van der Waals surface area contributed by atoms with Gasteiger partial charge in [0.15, 0.2) is 0 Å². The molecule has 94 valence electrons. The summed E-state index contributed by atoms with van der Waals surface area (Å²) < 4.78 is 14.9. The van der Waals surface area contributed by atoms with Gasteiger partial charge in [0, 0.05) is 31.8 Å². The second kappa shape index (κ2) is 5.00. The molecule has 18 heavy (non-hydrogen) atoms. The van der Waals surface area contributed by atoms with E-state index in [1.54, 1.807) is 16.9 Å². The van der Waals surface area contributed by atoms with Crippen LogP contribution in [0.2, 0.25) is 0 Å². The summed E-state index contributed by atoms with van der Waals surface area (Å²) in [6, 6.07) is 4.53. The van der Waals surface area contributed by atoms with Gasteiger partial charge in [-0.1, -0.05) is 0 Å². The van der Waals surface area contributed by atoms with Crippen LogP contribution in [0.5, 0.6) is 0 Å². The molecule has 0 saturated heterocycles. The lowest BCUT2D eigenvalue weighted by molar-refractivity contribution is -0.118. The molecule has 5 heteroatoms. The number of halogens is 1. The predicted molar refractivity (Wildman–Crippen MR) is 69.2 cm³/mol. The van der Waals surface area contributed by atoms with E-state index >= 15 is 0 Å². The third-order valence-corrected chi connectivity index (χ3v) is 2.75. The minimum atomic E-state index is -0.287. The van der Waals surface area contributed by atoms with Crippen molar-refractivity contribution in [1.29, 1.82) is 0 Å². The monoisotopic (exact) mass is 247 g/mol. The molecule has 0 bridgehead atoms. The lowest BCUT2D eigenvalue weighted by Gasteiger charge is -2.00. The van der Waals surface area contributed by atoms with Gasteiger partial charge < -0.3 is 5.32 Å². The number of amides is 1. The number of nitrogens with zero attached hydrogens (tertiary/aromatic N) is 2. The molecule has 0 fully saturated rings. The van der Waals surface area contributed by atoms with Crippen LogP contribution < -0.4 is 5.32 Å². The molecule has 1 heterocycles. The van der Waals surface area contributed by atoms with E-state index in [2.05, 4.69) is 17.1 Å². The Kier molecular flexibility index (Phi) is 3.41. The maximum Gasteiger partial charge on any atom is 0.216 e. The van der Waals surface area contributed by atoms with Crippen LogP contribution in [0, 0.1) is 5.82 Å². The molecule has 0 atom stereocenters. The normalized spacial score (nSPS) is 10.6. The van der Waals surface area contributed by atoms with Gasteiger partial charge in [0.2, 0.25) is 5.91 Å². The van der Waals surface area contributed by atoms with Crippen LogP contribution in [0.15, 0.2) is 29.5 Å². The van der Waals surface area contributed by atoms with E-state index in [4.69, 9.17) is 0 Å². The Balaban J connectivity index is 2.34. The molecule has 2 rings (SSSR count). The Morgan fingerprint density at radius 2 is 2.33 bits per heavy atom. The third kappa shape index (κ3) is 2.40.